The van der Waals surface area contributed by atoms with Gasteiger partial charge in [-0.15, -0.1) is 0 Å². The number of nitrogens with zero attached hydrogens (tertiary/aromatic N) is 1. The molecule has 3 N–H and O–H groups in total. The van der Waals surface area contributed by atoms with Crippen LogP contribution in [0.5, 0.6) is 0 Å². The van der Waals surface area contributed by atoms with Crippen LogP contribution in [-0.4, -0.2) is 27.2 Å². The number of aryl methyl sites for hydroxylation is 1. The molecule has 1 aromatic rings. The van der Waals surface area contributed by atoms with Gasteiger partial charge in [0.05, 0.1) is 12.1 Å². The van der Waals surface area contributed by atoms with Crippen molar-refractivity contribution >= 4 is 5.82 Å². The van der Waals surface area contributed by atoms with Crippen LogP contribution in [0.15, 0.2) is 10.9 Å². The molecule has 0 spiro atoms. The highest BCUT2D eigenvalue weighted by Gasteiger charge is 2.21. The molecule has 1 aliphatic rings. The van der Waals surface area contributed by atoms with Gasteiger partial charge >= 0.3 is 0 Å². The van der Waals surface area contributed by atoms with Crippen molar-refractivity contribution in [1.29, 1.82) is 0 Å². The Morgan fingerprint density at radius 1 is 1.44 bits per heavy atom. The SMILES string of the molecule is CCc1nc(NC2CCCCCC2O)cc(=O)[nH]1. The van der Waals surface area contributed by atoms with Crippen LogP contribution in [-0.2, 0) is 6.42 Å². The second-order valence-corrected chi connectivity index (χ2v) is 4.89. The van der Waals surface area contributed by atoms with E-state index in [1.165, 1.54) is 6.07 Å². The second-order valence-electron chi connectivity index (χ2n) is 4.89. The molecular formula is C13H21N3O2. The molecule has 2 rings (SSSR count). The molecule has 1 fully saturated rings. The van der Waals surface area contributed by atoms with Crippen molar-refractivity contribution in [2.24, 2.45) is 0 Å². The number of rotatable bonds is 3. The Morgan fingerprint density at radius 3 is 3.00 bits per heavy atom. The van der Waals surface area contributed by atoms with Gasteiger partial charge in [-0.3, -0.25) is 4.79 Å². The Morgan fingerprint density at radius 2 is 2.22 bits per heavy atom. The fourth-order valence-corrected chi connectivity index (χ4v) is 2.40. The molecule has 100 valence electrons. The van der Waals surface area contributed by atoms with Gasteiger partial charge in [-0.05, 0) is 12.8 Å². The molecule has 0 radical (unpaired) electrons. The van der Waals surface area contributed by atoms with Crippen LogP contribution in [0.2, 0.25) is 0 Å². The van der Waals surface area contributed by atoms with E-state index in [9.17, 15) is 9.90 Å². The van der Waals surface area contributed by atoms with E-state index < -0.39 is 0 Å². The second kappa shape index (κ2) is 6.00. The minimum absolute atomic E-state index is 0.00602. The van der Waals surface area contributed by atoms with Crippen LogP contribution in [0.25, 0.3) is 0 Å². The van der Waals surface area contributed by atoms with E-state index in [-0.39, 0.29) is 17.7 Å². The lowest BCUT2D eigenvalue weighted by Crippen LogP contribution is -2.33. The van der Waals surface area contributed by atoms with E-state index >= 15 is 0 Å². The fourth-order valence-electron chi connectivity index (χ4n) is 2.40. The van der Waals surface area contributed by atoms with Crippen LogP contribution in [0.3, 0.4) is 0 Å². The predicted molar refractivity (Wildman–Crippen MR) is 70.7 cm³/mol. The predicted octanol–water partition coefficient (Wildman–Crippen LogP) is 1.44. The number of H-pyrrole nitrogens is 1. The first-order chi connectivity index (χ1) is 8.69. The first-order valence-electron chi connectivity index (χ1n) is 6.74. The molecular weight excluding hydrogens is 230 g/mol. The van der Waals surface area contributed by atoms with Crippen LogP contribution < -0.4 is 10.9 Å². The molecule has 0 saturated heterocycles. The Bertz CT molecular complexity index is 444. The summed E-state index contributed by atoms with van der Waals surface area (Å²) in [4.78, 5) is 18.5. The molecule has 1 aliphatic carbocycles. The van der Waals surface area contributed by atoms with Gasteiger partial charge in [0.2, 0.25) is 0 Å². The largest absolute Gasteiger partial charge is 0.391 e. The van der Waals surface area contributed by atoms with Crippen LogP contribution >= 0.6 is 0 Å². The first kappa shape index (κ1) is 13.1. The normalized spacial score (nSPS) is 24.6. The van der Waals surface area contributed by atoms with Gasteiger partial charge in [0, 0.05) is 12.5 Å². The van der Waals surface area contributed by atoms with Crippen molar-refractivity contribution in [1.82, 2.24) is 9.97 Å². The lowest BCUT2D eigenvalue weighted by molar-refractivity contribution is 0.144. The van der Waals surface area contributed by atoms with Crippen molar-refractivity contribution < 1.29 is 5.11 Å². The minimum Gasteiger partial charge on any atom is -0.391 e. The molecule has 1 heterocycles. The van der Waals surface area contributed by atoms with Crippen LogP contribution in [0.1, 0.15) is 44.9 Å². The molecule has 0 amide bonds. The van der Waals surface area contributed by atoms with E-state index in [1.54, 1.807) is 0 Å². The number of hydrogen-bond donors (Lipinski definition) is 3. The molecule has 5 heteroatoms. The summed E-state index contributed by atoms with van der Waals surface area (Å²) >= 11 is 0. The minimum atomic E-state index is -0.348. The van der Waals surface area contributed by atoms with Gasteiger partial charge in [-0.2, -0.15) is 0 Å². The lowest BCUT2D eigenvalue weighted by atomic mass is 10.1. The van der Waals surface area contributed by atoms with E-state index in [1.807, 2.05) is 6.92 Å². The summed E-state index contributed by atoms with van der Waals surface area (Å²) in [7, 11) is 0. The molecule has 18 heavy (non-hydrogen) atoms. The maximum absolute atomic E-state index is 11.5. The number of anilines is 1. The number of aromatic amines is 1. The van der Waals surface area contributed by atoms with E-state index in [0.29, 0.717) is 18.1 Å². The van der Waals surface area contributed by atoms with Gasteiger partial charge in [-0.1, -0.05) is 26.2 Å². The monoisotopic (exact) mass is 251 g/mol. The number of nitrogens with one attached hydrogen (secondary N) is 2. The average Bonchev–Trinajstić information content (AvgIpc) is 2.54. The summed E-state index contributed by atoms with van der Waals surface area (Å²) in [6.07, 6.45) is 5.44. The smallest absolute Gasteiger partial charge is 0.252 e. The molecule has 5 nitrogen and oxygen atoms in total. The molecule has 2 atom stereocenters. The summed E-state index contributed by atoms with van der Waals surface area (Å²) in [5, 5.41) is 13.2. The quantitative estimate of drug-likeness (QED) is 0.710. The van der Waals surface area contributed by atoms with E-state index in [0.717, 1.165) is 32.1 Å². The Hall–Kier alpha value is -1.36. The molecule has 0 aliphatic heterocycles. The fraction of sp³-hybridized carbons (Fsp3) is 0.692. The van der Waals surface area contributed by atoms with Gasteiger partial charge < -0.3 is 15.4 Å². The summed E-state index contributed by atoms with van der Waals surface area (Å²) in [5.74, 6) is 1.25. The maximum atomic E-state index is 11.5. The zero-order valence-electron chi connectivity index (χ0n) is 10.8. The average molecular weight is 251 g/mol. The van der Waals surface area contributed by atoms with Gasteiger partial charge in [0.25, 0.3) is 5.56 Å². The molecule has 1 saturated carbocycles. The number of aliphatic hydroxyl groups is 1. The van der Waals surface area contributed by atoms with Crippen molar-refractivity contribution in [3.05, 3.63) is 22.2 Å². The summed E-state index contributed by atoms with van der Waals surface area (Å²) < 4.78 is 0. The third-order valence-corrected chi connectivity index (χ3v) is 3.44. The highest BCUT2D eigenvalue weighted by atomic mass is 16.3. The number of aliphatic hydroxyl groups excluding tert-OH is 1. The van der Waals surface area contributed by atoms with Crippen molar-refractivity contribution in [2.75, 3.05) is 5.32 Å². The lowest BCUT2D eigenvalue weighted by Gasteiger charge is -2.22. The molecule has 1 aromatic heterocycles. The topological polar surface area (TPSA) is 78.0 Å². The number of aromatic nitrogens is 2. The van der Waals surface area contributed by atoms with Crippen molar-refractivity contribution in [2.45, 2.75) is 57.6 Å². The first-order valence-corrected chi connectivity index (χ1v) is 6.74. The highest BCUT2D eigenvalue weighted by molar-refractivity contribution is 5.34. The molecule has 0 bridgehead atoms. The zero-order valence-corrected chi connectivity index (χ0v) is 10.8. The van der Waals surface area contributed by atoms with Gasteiger partial charge in [0.15, 0.2) is 0 Å². The summed E-state index contributed by atoms with van der Waals surface area (Å²) in [5.41, 5.74) is -0.146. The van der Waals surface area contributed by atoms with Gasteiger partial charge in [-0.25, -0.2) is 4.98 Å². The van der Waals surface area contributed by atoms with Gasteiger partial charge in [0.1, 0.15) is 11.6 Å². The van der Waals surface area contributed by atoms with E-state index in [4.69, 9.17) is 0 Å². The third kappa shape index (κ3) is 3.32. The summed E-state index contributed by atoms with van der Waals surface area (Å²) in [6.45, 7) is 1.95. The number of hydrogen-bond acceptors (Lipinski definition) is 4. The Labute approximate surface area is 107 Å². The third-order valence-electron chi connectivity index (χ3n) is 3.44. The highest BCUT2D eigenvalue weighted by Crippen LogP contribution is 2.20. The van der Waals surface area contributed by atoms with E-state index in [2.05, 4.69) is 15.3 Å². The Balaban J connectivity index is 2.12. The maximum Gasteiger partial charge on any atom is 0.252 e. The standard InChI is InChI=1S/C13H21N3O2/c1-2-11-15-12(8-13(18)16-11)14-9-6-4-3-5-7-10(9)17/h8-10,17H,2-7H2,1H3,(H2,14,15,16,18). The van der Waals surface area contributed by atoms with Crippen LogP contribution in [0.4, 0.5) is 5.82 Å². The summed E-state index contributed by atoms with van der Waals surface area (Å²) in [6, 6.07) is 1.46. The zero-order chi connectivity index (χ0) is 13.0. The Kier molecular flexibility index (Phi) is 4.36. The van der Waals surface area contributed by atoms with Crippen molar-refractivity contribution in [3.8, 4) is 0 Å². The van der Waals surface area contributed by atoms with Crippen molar-refractivity contribution in [3.63, 3.8) is 0 Å². The molecule has 0 aromatic carbocycles. The molecule has 2 unspecified atom stereocenters. The van der Waals surface area contributed by atoms with Crippen LogP contribution in [0, 0.1) is 0 Å².